The number of rotatable bonds is 3. The second-order valence-corrected chi connectivity index (χ2v) is 8.58. The lowest BCUT2D eigenvalue weighted by Gasteiger charge is -2.38. The highest BCUT2D eigenvalue weighted by atomic mass is 16.1. The Hall–Kier alpha value is -2.99. The van der Waals surface area contributed by atoms with Crippen molar-refractivity contribution in [3.8, 4) is 0 Å². The molecule has 1 aliphatic carbocycles. The number of nitrogens with zero attached hydrogens (tertiary/aromatic N) is 5. The summed E-state index contributed by atoms with van der Waals surface area (Å²) in [5.41, 5.74) is 6.51. The number of aromatic nitrogens is 3. The predicted octanol–water partition coefficient (Wildman–Crippen LogP) is 3.23. The van der Waals surface area contributed by atoms with E-state index in [1.807, 2.05) is 29.8 Å². The number of aryl methyl sites for hydroxylation is 1. The molecule has 0 atom stereocenters. The van der Waals surface area contributed by atoms with Crippen molar-refractivity contribution in [2.75, 3.05) is 31.1 Å². The van der Waals surface area contributed by atoms with E-state index in [1.165, 1.54) is 5.69 Å². The van der Waals surface area contributed by atoms with E-state index in [4.69, 9.17) is 0 Å². The van der Waals surface area contributed by atoms with Crippen molar-refractivity contribution in [3.63, 3.8) is 0 Å². The van der Waals surface area contributed by atoms with E-state index in [9.17, 15) is 4.79 Å². The first-order valence-electron chi connectivity index (χ1n) is 10.7. The Bertz CT molecular complexity index is 1150. The number of Topliss-reactive ketones (excluding diaryl/α,β-unsaturated/α-hetero) is 1. The second-order valence-electron chi connectivity index (χ2n) is 8.58. The summed E-state index contributed by atoms with van der Waals surface area (Å²) >= 11 is 0. The fraction of sp³-hybridized carbons (Fsp3) is 0.375. The number of benzene rings is 1. The van der Waals surface area contributed by atoms with Crippen molar-refractivity contribution in [2.24, 2.45) is 0 Å². The molecular formula is C24H27N5O. The monoisotopic (exact) mass is 401 g/mol. The molecule has 6 heteroatoms. The van der Waals surface area contributed by atoms with Crippen LogP contribution in [-0.4, -0.2) is 57.3 Å². The number of piperazine rings is 1. The predicted molar refractivity (Wildman–Crippen MR) is 120 cm³/mol. The van der Waals surface area contributed by atoms with Gasteiger partial charge in [-0.3, -0.25) is 14.7 Å². The fourth-order valence-electron chi connectivity index (χ4n) is 4.43. The molecule has 0 amide bonds. The Morgan fingerprint density at radius 1 is 1.07 bits per heavy atom. The molecule has 0 saturated carbocycles. The molecule has 30 heavy (non-hydrogen) atoms. The minimum atomic E-state index is 0.123. The second kappa shape index (κ2) is 7.36. The van der Waals surface area contributed by atoms with Gasteiger partial charge in [0.1, 0.15) is 0 Å². The number of fused-ring (bicyclic) bond motifs is 2. The highest BCUT2D eigenvalue weighted by molar-refractivity contribution is 6.27. The zero-order valence-electron chi connectivity index (χ0n) is 17.8. The molecule has 3 heterocycles. The molecule has 0 unspecified atom stereocenters. The molecule has 0 N–H and O–H groups in total. The van der Waals surface area contributed by atoms with Crippen molar-refractivity contribution >= 4 is 28.8 Å². The number of allylic oxidation sites excluding steroid dienone is 1. The van der Waals surface area contributed by atoms with E-state index < -0.39 is 0 Å². The van der Waals surface area contributed by atoms with Crippen LogP contribution in [0.5, 0.6) is 0 Å². The molecule has 1 saturated heterocycles. The molecule has 0 spiro atoms. The van der Waals surface area contributed by atoms with Crippen LogP contribution in [0.25, 0.3) is 17.3 Å². The van der Waals surface area contributed by atoms with Gasteiger partial charge in [0, 0.05) is 62.3 Å². The minimum absolute atomic E-state index is 0.123. The van der Waals surface area contributed by atoms with Gasteiger partial charge in [-0.05, 0) is 50.1 Å². The van der Waals surface area contributed by atoms with Crippen molar-refractivity contribution in [1.82, 2.24) is 19.3 Å². The van der Waals surface area contributed by atoms with Crippen molar-refractivity contribution in [3.05, 3.63) is 59.3 Å². The number of anilines is 1. The van der Waals surface area contributed by atoms with Gasteiger partial charge in [0.05, 0.1) is 17.6 Å². The topological polar surface area (TPSA) is 53.7 Å². The standard InChI is InChI=1S/C24H27N5O/c1-16(2)27-6-8-28(9-7-27)20-5-4-18-11-21(23(30)12-19(18)10-20)22-15-29-14-17(3)25-13-24(29)26-22/h4-5,10-11,13-16H,6-9,12H2,1-3H3. The van der Waals surface area contributed by atoms with Gasteiger partial charge in [-0.25, -0.2) is 4.98 Å². The zero-order chi connectivity index (χ0) is 20.8. The van der Waals surface area contributed by atoms with Crippen molar-refractivity contribution in [2.45, 2.75) is 33.2 Å². The quantitative estimate of drug-likeness (QED) is 0.674. The lowest BCUT2D eigenvalue weighted by atomic mass is 9.89. The highest BCUT2D eigenvalue weighted by Gasteiger charge is 2.24. The molecule has 1 fully saturated rings. The van der Waals surface area contributed by atoms with Crippen molar-refractivity contribution in [1.29, 1.82) is 0 Å². The van der Waals surface area contributed by atoms with Gasteiger partial charge in [0.15, 0.2) is 11.4 Å². The average Bonchev–Trinajstić information content (AvgIpc) is 3.15. The summed E-state index contributed by atoms with van der Waals surface area (Å²) in [7, 11) is 0. The van der Waals surface area contributed by atoms with E-state index in [0.29, 0.717) is 23.7 Å². The number of carbonyl (C=O) groups excluding carboxylic acids is 1. The van der Waals surface area contributed by atoms with Crippen LogP contribution in [-0.2, 0) is 11.2 Å². The molecule has 1 aromatic carbocycles. The maximum absolute atomic E-state index is 13.0. The third-order valence-electron chi connectivity index (χ3n) is 6.23. The molecule has 154 valence electrons. The van der Waals surface area contributed by atoms with E-state index in [0.717, 1.165) is 48.6 Å². The highest BCUT2D eigenvalue weighted by Crippen LogP contribution is 2.31. The smallest absolute Gasteiger partial charge is 0.169 e. The van der Waals surface area contributed by atoms with Gasteiger partial charge in [0.2, 0.25) is 0 Å². The number of ketones is 1. The molecule has 3 aromatic rings. The lowest BCUT2D eigenvalue weighted by molar-refractivity contribution is -0.113. The molecule has 2 aliphatic rings. The first-order valence-corrected chi connectivity index (χ1v) is 10.7. The number of carbonyl (C=O) groups is 1. The molecule has 2 aromatic heterocycles. The van der Waals surface area contributed by atoms with E-state index in [-0.39, 0.29) is 5.78 Å². The van der Waals surface area contributed by atoms with Crippen LogP contribution in [0.3, 0.4) is 0 Å². The van der Waals surface area contributed by atoms with Crippen LogP contribution in [0.4, 0.5) is 5.69 Å². The van der Waals surface area contributed by atoms with Crippen LogP contribution < -0.4 is 4.90 Å². The first-order chi connectivity index (χ1) is 14.5. The van der Waals surface area contributed by atoms with Crippen LogP contribution in [0.2, 0.25) is 0 Å². The SMILES string of the molecule is Cc1cn2cc(C3=Cc4ccc(N5CCN(C(C)C)CC5)cc4CC3=O)nc2cn1. The Kier molecular flexibility index (Phi) is 4.66. The summed E-state index contributed by atoms with van der Waals surface area (Å²) in [4.78, 5) is 26.8. The molecule has 0 bridgehead atoms. The van der Waals surface area contributed by atoms with Gasteiger partial charge in [-0.15, -0.1) is 0 Å². The Morgan fingerprint density at radius 3 is 2.63 bits per heavy atom. The third kappa shape index (κ3) is 3.41. The Balaban J connectivity index is 1.42. The van der Waals surface area contributed by atoms with Crippen LogP contribution in [0, 0.1) is 6.92 Å². The normalized spacial score (nSPS) is 17.5. The maximum atomic E-state index is 13.0. The van der Waals surface area contributed by atoms with E-state index >= 15 is 0 Å². The number of hydrogen-bond donors (Lipinski definition) is 0. The van der Waals surface area contributed by atoms with Crippen LogP contribution in [0.1, 0.15) is 36.4 Å². The van der Waals surface area contributed by atoms with Crippen LogP contribution >= 0.6 is 0 Å². The summed E-state index contributed by atoms with van der Waals surface area (Å²) in [6, 6.07) is 7.12. The Labute approximate surface area is 176 Å². The summed E-state index contributed by atoms with van der Waals surface area (Å²) in [6.07, 6.45) is 8.00. The summed E-state index contributed by atoms with van der Waals surface area (Å²) in [5, 5.41) is 0. The average molecular weight is 402 g/mol. The number of hydrogen-bond acceptors (Lipinski definition) is 5. The van der Waals surface area contributed by atoms with Gasteiger partial charge < -0.3 is 9.30 Å². The fourth-order valence-corrected chi connectivity index (χ4v) is 4.43. The van der Waals surface area contributed by atoms with Crippen molar-refractivity contribution < 1.29 is 4.79 Å². The number of imidazole rings is 1. The van der Waals surface area contributed by atoms with E-state index in [1.54, 1.807) is 6.20 Å². The Morgan fingerprint density at radius 2 is 1.87 bits per heavy atom. The molecule has 6 nitrogen and oxygen atoms in total. The largest absolute Gasteiger partial charge is 0.369 e. The zero-order valence-corrected chi connectivity index (χ0v) is 17.8. The summed E-state index contributed by atoms with van der Waals surface area (Å²) in [6.45, 7) is 10.7. The van der Waals surface area contributed by atoms with Gasteiger partial charge in [0.25, 0.3) is 0 Å². The van der Waals surface area contributed by atoms with E-state index in [2.05, 4.69) is 51.8 Å². The molecule has 5 rings (SSSR count). The maximum Gasteiger partial charge on any atom is 0.169 e. The summed E-state index contributed by atoms with van der Waals surface area (Å²) < 4.78 is 1.93. The van der Waals surface area contributed by atoms with Gasteiger partial charge in [-0.2, -0.15) is 0 Å². The first kappa shape index (κ1) is 19.0. The molecule has 1 aliphatic heterocycles. The van der Waals surface area contributed by atoms with Crippen LogP contribution in [0.15, 0.2) is 36.8 Å². The lowest BCUT2D eigenvalue weighted by Crippen LogP contribution is -2.48. The third-order valence-corrected chi connectivity index (χ3v) is 6.23. The molecular weight excluding hydrogens is 374 g/mol. The van der Waals surface area contributed by atoms with Gasteiger partial charge in [-0.1, -0.05) is 6.07 Å². The minimum Gasteiger partial charge on any atom is -0.369 e. The van der Waals surface area contributed by atoms with Gasteiger partial charge >= 0.3 is 0 Å². The molecule has 0 radical (unpaired) electrons. The summed E-state index contributed by atoms with van der Waals surface area (Å²) in [5.74, 6) is 0.123.